The van der Waals surface area contributed by atoms with Gasteiger partial charge in [-0.1, -0.05) is 17.3 Å². The summed E-state index contributed by atoms with van der Waals surface area (Å²) in [7, 11) is 0. The Labute approximate surface area is 212 Å². The number of carbonyl (C=O) groups is 1. The molecule has 3 rings (SSSR count). The molecule has 2 aromatic rings. The van der Waals surface area contributed by atoms with Gasteiger partial charge in [0.05, 0.1) is 24.2 Å². The van der Waals surface area contributed by atoms with Gasteiger partial charge in [-0.2, -0.15) is 43.9 Å². The van der Waals surface area contributed by atoms with Gasteiger partial charge in [0.1, 0.15) is 18.5 Å². The van der Waals surface area contributed by atoms with E-state index in [0.29, 0.717) is 0 Å². The summed E-state index contributed by atoms with van der Waals surface area (Å²) in [6.07, 6.45) is -17.9. The molecule has 3 N–H and O–H groups in total. The van der Waals surface area contributed by atoms with Gasteiger partial charge in [-0.3, -0.25) is 10.1 Å². The van der Waals surface area contributed by atoms with Crippen LogP contribution in [0.1, 0.15) is 40.6 Å². The molecule has 2 atom stereocenters. The SMILES string of the molecule is Cc1cc(C2=NO[C@@](c3cc(C(F)(F)F)cc(F)n3)(C(F)(F)F)C2)ccc1C(O)NCC(=O)NCC(F)(F)F. The lowest BCUT2D eigenvalue weighted by Crippen LogP contribution is -2.43. The molecule has 0 spiro atoms. The summed E-state index contributed by atoms with van der Waals surface area (Å²) in [6.45, 7) is -0.873. The predicted molar refractivity (Wildman–Crippen MR) is 112 cm³/mol. The van der Waals surface area contributed by atoms with Gasteiger partial charge in [0.2, 0.25) is 11.9 Å². The van der Waals surface area contributed by atoms with Crippen molar-refractivity contribution in [2.45, 2.75) is 43.7 Å². The number of oxime groups is 1. The van der Waals surface area contributed by atoms with Crippen molar-refractivity contribution in [3.05, 3.63) is 64.2 Å². The van der Waals surface area contributed by atoms with Crippen LogP contribution in [0.5, 0.6) is 0 Å². The maximum Gasteiger partial charge on any atom is 0.437 e. The Hall–Kier alpha value is -3.47. The van der Waals surface area contributed by atoms with Gasteiger partial charge in [-0.15, -0.1) is 0 Å². The summed E-state index contributed by atoms with van der Waals surface area (Å²) in [4.78, 5) is 19.1. The number of nitrogens with zero attached hydrogens (tertiary/aromatic N) is 2. The maximum atomic E-state index is 14.1. The van der Waals surface area contributed by atoms with Gasteiger partial charge in [-0.25, -0.2) is 4.98 Å². The third-order valence-electron chi connectivity index (χ3n) is 5.56. The van der Waals surface area contributed by atoms with Gasteiger partial charge >= 0.3 is 18.5 Å². The molecule has 17 heteroatoms. The molecule has 7 nitrogen and oxygen atoms in total. The average molecular weight is 576 g/mol. The Kier molecular flexibility index (Phi) is 8.17. The highest BCUT2D eigenvalue weighted by Crippen LogP contribution is 2.49. The van der Waals surface area contributed by atoms with E-state index < -0.39 is 73.0 Å². The van der Waals surface area contributed by atoms with Gasteiger partial charge in [0.25, 0.3) is 5.60 Å². The number of alkyl halides is 9. The van der Waals surface area contributed by atoms with Gasteiger partial charge < -0.3 is 15.3 Å². The van der Waals surface area contributed by atoms with Crippen LogP contribution in [0.2, 0.25) is 0 Å². The standard InChI is InChI=1S/C22H18F10N4O3/c1-10-4-11(2-3-13(10)18(38)33-8-17(37)34-9-20(24,25)26)14-7-19(39-36-14,22(30,31)32)15-5-12(21(27,28)29)6-16(23)35-15/h2-6,18,33,38H,7-9H2,1H3,(H,34,37)/t18?,19-/m0/s1. The minimum Gasteiger partial charge on any atom is -0.374 e. The van der Waals surface area contributed by atoms with Crippen LogP contribution in [-0.4, -0.2) is 47.2 Å². The van der Waals surface area contributed by atoms with E-state index >= 15 is 0 Å². The second kappa shape index (κ2) is 10.6. The minimum atomic E-state index is -5.37. The van der Waals surface area contributed by atoms with E-state index in [1.165, 1.54) is 25.1 Å². The van der Waals surface area contributed by atoms with E-state index in [2.05, 4.69) is 20.3 Å². The van der Waals surface area contributed by atoms with Crippen LogP contribution >= 0.6 is 0 Å². The molecule has 1 amide bonds. The van der Waals surface area contributed by atoms with Gasteiger partial charge in [0, 0.05) is 6.07 Å². The first-order valence-electron chi connectivity index (χ1n) is 10.8. The van der Waals surface area contributed by atoms with Crippen molar-refractivity contribution in [2.75, 3.05) is 13.1 Å². The number of hydrogen-bond acceptors (Lipinski definition) is 6. The lowest BCUT2D eigenvalue weighted by atomic mass is 9.88. The number of aliphatic hydroxyl groups is 1. The molecule has 0 fully saturated rings. The Bertz CT molecular complexity index is 1260. The van der Waals surface area contributed by atoms with E-state index in [0.717, 1.165) is 0 Å². The first kappa shape index (κ1) is 30.1. The Morgan fingerprint density at radius 2 is 1.77 bits per heavy atom. The lowest BCUT2D eigenvalue weighted by Gasteiger charge is -2.28. The molecule has 2 heterocycles. The predicted octanol–water partition coefficient (Wildman–Crippen LogP) is 4.39. The van der Waals surface area contributed by atoms with Crippen LogP contribution in [0.3, 0.4) is 0 Å². The molecular formula is C22H18F10N4O3. The Morgan fingerprint density at radius 1 is 1.10 bits per heavy atom. The minimum absolute atomic E-state index is 0.00458. The van der Waals surface area contributed by atoms with Gasteiger partial charge in [0.15, 0.2) is 0 Å². The smallest absolute Gasteiger partial charge is 0.374 e. The van der Waals surface area contributed by atoms with Gasteiger partial charge in [-0.05, 0) is 35.7 Å². The van der Waals surface area contributed by atoms with Crippen molar-refractivity contribution >= 4 is 11.6 Å². The number of carbonyl (C=O) groups excluding carboxylic acids is 1. The highest BCUT2D eigenvalue weighted by molar-refractivity contribution is 6.02. The first-order chi connectivity index (χ1) is 17.8. The molecule has 0 aliphatic carbocycles. The van der Waals surface area contributed by atoms with E-state index in [9.17, 15) is 53.8 Å². The Balaban J connectivity index is 1.80. The van der Waals surface area contributed by atoms with Crippen LogP contribution in [-0.2, 0) is 21.4 Å². The van der Waals surface area contributed by atoms with E-state index in [1.54, 1.807) is 5.32 Å². The van der Waals surface area contributed by atoms with Crippen molar-refractivity contribution in [3.63, 3.8) is 0 Å². The number of aromatic nitrogens is 1. The second-order valence-corrected chi connectivity index (χ2v) is 8.44. The number of halogens is 10. The van der Waals surface area contributed by atoms with Crippen molar-refractivity contribution in [2.24, 2.45) is 5.16 Å². The van der Waals surface area contributed by atoms with Crippen LogP contribution in [0, 0.1) is 12.9 Å². The van der Waals surface area contributed by atoms with E-state index in [1.807, 2.05) is 0 Å². The zero-order chi connectivity index (χ0) is 29.4. The number of amides is 1. The number of rotatable bonds is 7. The number of pyridine rings is 1. The fraction of sp³-hybridized carbons (Fsp3) is 0.409. The largest absolute Gasteiger partial charge is 0.437 e. The zero-order valence-corrected chi connectivity index (χ0v) is 19.5. The second-order valence-electron chi connectivity index (χ2n) is 8.44. The molecule has 0 saturated carbocycles. The van der Waals surface area contributed by atoms with Crippen LogP contribution in [0.15, 0.2) is 35.5 Å². The summed E-state index contributed by atoms with van der Waals surface area (Å²) < 4.78 is 132. The molecule has 1 aliphatic rings. The number of aryl methyl sites for hydroxylation is 1. The quantitative estimate of drug-likeness (QED) is 0.258. The van der Waals surface area contributed by atoms with Crippen molar-refractivity contribution in [3.8, 4) is 0 Å². The maximum absolute atomic E-state index is 14.1. The lowest BCUT2D eigenvalue weighted by molar-refractivity contribution is -0.277. The summed E-state index contributed by atoms with van der Waals surface area (Å²) in [6, 6.07) is 3.61. The number of aliphatic hydroxyl groups excluding tert-OH is 1. The topological polar surface area (TPSA) is 95.8 Å². The molecule has 1 aliphatic heterocycles. The molecule has 1 aromatic carbocycles. The number of benzene rings is 1. The molecule has 0 bridgehead atoms. The fourth-order valence-electron chi connectivity index (χ4n) is 3.61. The molecule has 0 saturated heterocycles. The third kappa shape index (κ3) is 6.95. The highest BCUT2D eigenvalue weighted by Gasteiger charge is 2.64. The summed E-state index contributed by atoms with van der Waals surface area (Å²) >= 11 is 0. The fourth-order valence-corrected chi connectivity index (χ4v) is 3.61. The molecular weight excluding hydrogens is 558 g/mol. The Morgan fingerprint density at radius 3 is 2.33 bits per heavy atom. The van der Waals surface area contributed by atoms with Crippen LogP contribution in [0.4, 0.5) is 43.9 Å². The van der Waals surface area contributed by atoms with Crippen LogP contribution in [0.25, 0.3) is 0 Å². The van der Waals surface area contributed by atoms with Crippen molar-refractivity contribution in [1.29, 1.82) is 0 Å². The van der Waals surface area contributed by atoms with E-state index in [-0.39, 0.29) is 34.5 Å². The molecule has 0 radical (unpaired) electrons. The molecule has 1 aromatic heterocycles. The van der Waals surface area contributed by atoms with Crippen molar-refractivity contribution < 1.29 is 58.6 Å². The molecule has 39 heavy (non-hydrogen) atoms. The first-order valence-corrected chi connectivity index (χ1v) is 10.8. The van der Waals surface area contributed by atoms with Crippen molar-refractivity contribution in [1.82, 2.24) is 15.6 Å². The number of hydrogen-bond donors (Lipinski definition) is 3. The zero-order valence-electron chi connectivity index (χ0n) is 19.5. The normalized spacial score (nSPS) is 18.9. The van der Waals surface area contributed by atoms with E-state index in [4.69, 9.17) is 0 Å². The monoisotopic (exact) mass is 576 g/mol. The highest BCUT2D eigenvalue weighted by atomic mass is 19.4. The average Bonchev–Trinajstić information content (AvgIpc) is 3.27. The number of nitrogens with one attached hydrogen (secondary N) is 2. The summed E-state index contributed by atoms with van der Waals surface area (Å²) in [5.41, 5.74) is -6.66. The summed E-state index contributed by atoms with van der Waals surface area (Å²) in [5, 5.41) is 17.5. The third-order valence-corrected chi connectivity index (χ3v) is 5.56. The summed E-state index contributed by atoms with van der Waals surface area (Å²) in [5.74, 6) is -2.88. The molecule has 1 unspecified atom stereocenters. The van der Waals surface area contributed by atoms with Crippen LogP contribution < -0.4 is 10.6 Å². The molecule has 214 valence electrons.